The maximum Gasteiger partial charge on any atom is 0.226 e. The lowest BCUT2D eigenvalue weighted by atomic mass is 10.0. The zero-order valence-electron chi connectivity index (χ0n) is 11.2. The maximum atomic E-state index is 9.13. The Balaban J connectivity index is 2.04. The summed E-state index contributed by atoms with van der Waals surface area (Å²) in [5.74, 6) is 0.591. The van der Waals surface area contributed by atoms with Gasteiger partial charge in [0.2, 0.25) is 5.95 Å². The Morgan fingerprint density at radius 1 is 1.21 bits per heavy atom. The van der Waals surface area contributed by atoms with Crippen LogP contribution in [-0.4, -0.2) is 46.6 Å². The molecule has 0 amide bonds. The van der Waals surface area contributed by atoms with Gasteiger partial charge in [0.05, 0.1) is 6.07 Å². The van der Waals surface area contributed by atoms with Crippen LogP contribution in [0.15, 0.2) is 12.3 Å². The van der Waals surface area contributed by atoms with E-state index in [-0.39, 0.29) is 0 Å². The summed E-state index contributed by atoms with van der Waals surface area (Å²) in [6.07, 6.45) is 1.60. The van der Waals surface area contributed by atoms with Gasteiger partial charge in [-0.2, -0.15) is 10.5 Å². The zero-order chi connectivity index (χ0) is 13.9. The van der Waals surface area contributed by atoms with Crippen LogP contribution in [0.4, 0.5) is 5.95 Å². The monoisotopic (exact) mass is 256 g/mol. The molecule has 0 radical (unpaired) electrons. The van der Waals surface area contributed by atoms with Gasteiger partial charge in [-0.1, -0.05) is 0 Å². The van der Waals surface area contributed by atoms with E-state index in [1.807, 2.05) is 24.8 Å². The number of nitrogens with zero attached hydrogens (tertiary/aromatic N) is 6. The van der Waals surface area contributed by atoms with Gasteiger partial charge >= 0.3 is 0 Å². The van der Waals surface area contributed by atoms with Crippen LogP contribution in [0.5, 0.6) is 0 Å². The summed E-state index contributed by atoms with van der Waals surface area (Å²) < 4.78 is 0. The SMILES string of the molecule is CC(C)(C#N)N1CCN(c2nccc(C#N)n2)CC1. The Morgan fingerprint density at radius 2 is 1.89 bits per heavy atom. The molecule has 1 aliphatic heterocycles. The lowest BCUT2D eigenvalue weighted by molar-refractivity contribution is 0.157. The Bertz CT molecular complexity index is 531. The summed E-state index contributed by atoms with van der Waals surface area (Å²) in [5.41, 5.74) is -0.0636. The van der Waals surface area contributed by atoms with E-state index in [0.29, 0.717) is 11.6 Å². The third kappa shape index (κ3) is 2.81. The normalized spacial score (nSPS) is 16.7. The topological polar surface area (TPSA) is 79.8 Å². The van der Waals surface area contributed by atoms with E-state index < -0.39 is 5.54 Å². The van der Waals surface area contributed by atoms with Crippen molar-refractivity contribution in [1.82, 2.24) is 14.9 Å². The van der Waals surface area contributed by atoms with E-state index in [2.05, 4.69) is 20.9 Å². The highest BCUT2D eigenvalue weighted by molar-refractivity contribution is 5.34. The number of anilines is 1. The van der Waals surface area contributed by atoms with Gasteiger partial charge in [0.25, 0.3) is 0 Å². The Morgan fingerprint density at radius 3 is 2.47 bits per heavy atom. The fourth-order valence-electron chi connectivity index (χ4n) is 2.10. The van der Waals surface area contributed by atoms with E-state index in [1.54, 1.807) is 12.3 Å². The molecule has 0 unspecified atom stereocenters. The largest absolute Gasteiger partial charge is 0.338 e. The molecule has 19 heavy (non-hydrogen) atoms. The molecule has 0 spiro atoms. The first-order chi connectivity index (χ1) is 9.06. The van der Waals surface area contributed by atoms with Gasteiger partial charge in [-0.15, -0.1) is 0 Å². The van der Waals surface area contributed by atoms with Crippen molar-refractivity contribution in [3.05, 3.63) is 18.0 Å². The average Bonchev–Trinajstić information content (AvgIpc) is 2.47. The van der Waals surface area contributed by atoms with Crippen LogP contribution in [0.25, 0.3) is 0 Å². The van der Waals surface area contributed by atoms with E-state index in [4.69, 9.17) is 10.5 Å². The molecular formula is C13H16N6. The Kier molecular flexibility index (Phi) is 3.64. The summed E-state index contributed by atoms with van der Waals surface area (Å²) >= 11 is 0. The molecule has 0 bridgehead atoms. The smallest absolute Gasteiger partial charge is 0.226 e. The number of aromatic nitrogens is 2. The molecule has 1 aliphatic rings. The minimum atomic E-state index is -0.443. The van der Waals surface area contributed by atoms with Crippen molar-refractivity contribution >= 4 is 5.95 Å². The van der Waals surface area contributed by atoms with Gasteiger partial charge in [0, 0.05) is 32.4 Å². The van der Waals surface area contributed by atoms with Gasteiger partial charge < -0.3 is 4.90 Å². The molecule has 0 aliphatic carbocycles. The summed E-state index contributed by atoms with van der Waals surface area (Å²) in [7, 11) is 0. The van der Waals surface area contributed by atoms with Crippen molar-refractivity contribution in [2.75, 3.05) is 31.1 Å². The predicted molar refractivity (Wildman–Crippen MR) is 70.2 cm³/mol. The van der Waals surface area contributed by atoms with Crippen molar-refractivity contribution in [3.63, 3.8) is 0 Å². The highest BCUT2D eigenvalue weighted by atomic mass is 15.3. The van der Waals surface area contributed by atoms with Gasteiger partial charge in [-0.3, -0.25) is 4.90 Å². The second-order valence-corrected chi connectivity index (χ2v) is 5.00. The first kappa shape index (κ1) is 13.3. The van der Waals surface area contributed by atoms with Crippen molar-refractivity contribution in [3.8, 4) is 12.1 Å². The number of nitriles is 2. The van der Waals surface area contributed by atoms with E-state index in [1.165, 1.54) is 0 Å². The quantitative estimate of drug-likeness (QED) is 0.777. The summed E-state index contributed by atoms with van der Waals surface area (Å²) in [4.78, 5) is 12.6. The minimum absolute atomic E-state index is 0.379. The Hall–Kier alpha value is -2.18. The summed E-state index contributed by atoms with van der Waals surface area (Å²) in [5, 5.41) is 18.0. The molecule has 0 atom stereocenters. The van der Waals surface area contributed by atoms with Crippen LogP contribution < -0.4 is 4.90 Å². The molecule has 1 aromatic heterocycles. The van der Waals surface area contributed by atoms with Crippen LogP contribution >= 0.6 is 0 Å². The summed E-state index contributed by atoms with van der Waals surface area (Å²) in [6.45, 7) is 6.96. The van der Waals surface area contributed by atoms with Crippen molar-refractivity contribution in [2.24, 2.45) is 0 Å². The molecule has 0 aromatic carbocycles. The molecule has 6 heteroatoms. The lowest BCUT2D eigenvalue weighted by Gasteiger charge is -2.40. The van der Waals surface area contributed by atoms with E-state index in [9.17, 15) is 0 Å². The average molecular weight is 256 g/mol. The minimum Gasteiger partial charge on any atom is -0.338 e. The maximum absolute atomic E-state index is 9.13. The van der Waals surface area contributed by atoms with E-state index >= 15 is 0 Å². The second kappa shape index (κ2) is 5.21. The molecule has 0 saturated carbocycles. The van der Waals surface area contributed by atoms with Crippen LogP contribution in [0, 0.1) is 22.7 Å². The zero-order valence-corrected chi connectivity index (χ0v) is 11.2. The number of hydrogen-bond donors (Lipinski definition) is 0. The third-order valence-corrected chi connectivity index (χ3v) is 3.38. The molecule has 6 nitrogen and oxygen atoms in total. The van der Waals surface area contributed by atoms with Gasteiger partial charge in [0.1, 0.15) is 17.3 Å². The predicted octanol–water partition coefficient (Wildman–Crippen LogP) is 0.772. The lowest BCUT2D eigenvalue weighted by Crippen LogP contribution is -2.54. The van der Waals surface area contributed by atoms with Crippen molar-refractivity contribution < 1.29 is 0 Å². The Labute approximate surface area is 112 Å². The number of hydrogen-bond acceptors (Lipinski definition) is 6. The van der Waals surface area contributed by atoms with Gasteiger partial charge in [-0.05, 0) is 19.9 Å². The number of piperazine rings is 1. The van der Waals surface area contributed by atoms with Gasteiger partial charge in [0.15, 0.2) is 0 Å². The van der Waals surface area contributed by atoms with Crippen molar-refractivity contribution in [1.29, 1.82) is 10.5 Å². The fourth-order valence-corrected chi connectivity index (χ4v) is 2.10. The first-order valence-electron chi connectivity index (χ1n) is 6.21. The summed E-state index contributed by atoms with van der Waals surface area (Å²) in [6, 6.07) is 5.93. The van der Waals surface area contributed by atoms with Gasteiger partial charge in [-0.25, -0.2) is 9.97 Å². The molecule has 1 saturated heterocycles. The van der Waals surface area contributed by atoms with Crippen LogP contribution in [-0.2, 0) is 0 Å². The van der Waals surface area contributed by atoms with Crippen LogP contribution in [0.1, 0.15) is 19.5 Å². The molecule has 2 rings (SSSR count). The molecule has 98 valence electrons. The molecule has 2 heterocycles. The second-order valence-electron chi connectivity index (χ2n) is 5.00. The molecule has 0 N–H and O–H groups in total. The highest BCUT2D eigenvalue weighted by Gasteiger charge is 2.30. The highest BCUT2D eigenvalue weighted by Crippen LogP contribution is 2.18. The van der Waals surface area contributed by atoms with Crippen LogP contribution in [0.3, 0.4) is 0 Å². The molecular weight excluding hydrogens is 240 g/mol. The fraction of sp³-hybridized carbons (Fsp3) is 0.538. The molecule has 1 aromatic rings. The van der Waals surface area contributed by atoms with E-state index in [0.717, 1.165) is 26.2 Å². The third-order valence-electron chi connectivity index (χ3n) is 3.38. The standard InChI is InChI=1S/C13H16N6/c1-13(2,10-15)19-7-5-18(6-8-19)12-16-4-3-11(9-14)17-12/h3-4H,5-8H2,1-2H3. The van der Waals surface area contributed by atoms with Crippen LogP contribution in [0.2, 0.25) is 0 Å². The first-order valence-corrected chi connectivity index (χ1v) is 6.21. The van der Waals surface area contributed by atoms with Crippen molar-refractivity contribution in [2.45, 2.75) is 19.4 Å². The molecule has 1 fully saturated rings. The number of rotatable bonds is 2.